The minimum atomic E-state index is -0.755. The van der Waals surface area contributed by atoms with Gasteiger partial charge in [-0.25, -0.2) is 0 Å². The van der Waals surface area contributed by atoms with Crippen LogP contribution in [-0.4, -0.2) is 71.6 Å². The highest BCUT2D eigenvalue weighted by Gasteiger charge is 2.29. The maximum atomic E-state index is 13.7. The molecule has 0 aliphatic heterocycles. The minimum absolute atomic E-state index is 0. The molecule has 1 heterocycles. The van der Waals surface area contributed by atoms with Gasteiger partial charge in [0.1, 0.15) is 6.04 Å². The minimum Gasteiger partial charge on any atom is -0.351 e. The van der Waals surface area contributed by atoms with E-state index in [-0.39, 0.29) is 36.0 Å². The average molecular weight is 688 g/mol. The second-order valence-corrected chi connectivity index (χ2v) is 12.9. The van der Waals surface area contributed by atoms with Crippen molar-refractivity contribution in [3.05, 3.63) is 83.6 Å². The van der Waals surface area contributed by atoms with Crippen LogP contribution < -0.4 is 21.7 Å². The molecule has 0 saturated heterocycles. The predicted molar refractivity (Wildman–Crippen MR) is 199 cm³/mol. The van der Waals surface area contributed by atoms with Gasteiger partial charge in [-0.1, -0.05) is 44.2 Å². The van der Waals surface area contributed by atoms with Crippen LogP contribution >= 0.6 is 12.4 Å². The summed E-state index contributed by atoms with van der Waals surface area (Å²) in [6.45, 7) is 10.2. The first kappa shape index (κ1) is 37.6. The third-order valence-electron chi connectivity index (χ3n) is 9.69. The average Bonchev–Trinajstić information content (AvgIpc) is 3.58. The number of halogens is 1. The number of amides is 3. The van der Waals surface area contributed by atoms with Crippen molar-refractivity contribution in [1.82, 2.24) is 25.7 Å². The van der Waals surface area contributed by atoms with Gasteiger partial charge in [0, 0.05) is 42.1 Å². The Morgan fingerprint density at radius 2 is 1.71 bits per heavy atom. The van der Waals surface area contributed by atoms with Crippen LogP contribution in [0, 0.1) is 18.8 Å². The van der Waals surface area contributed by atoms with Crippen molar-refractivity contribution in [1.29, 1.82) is 0 Å². The summed E-state index contributed by atoms with van der Waals surface area (Å²) in [7, 11) is 0. The van der Waals surface area contributed by atoms with E-state index in [4.69, 9.17) is 5.73 Å². The number of nitrogens with one attached hydrogen (secondary N) is 4. The Hall–Kier alpha value is -4.25. The lowest BCUT2D eigenvalue weighted by atomic mass is 9.81. The molecular formula is C38H50ClN7O3. The number of nitrogens with two attached hydrogens (primary N) is 1. The number of rotatable bonds is 14. The second-order valence-electron chi connectivity index (χ2n) is 12.9. The smallest absolute Gasteiger partial charge is 0.251 e. The molecule has 1 atom stereocenters. The summed E-state index contributed by atoms with van der Waals surface area (Å²) in [6, 6.07) is 18.6. The Kier molecular flexibility index (Phi) is 13.8. The molecule has 0 radical (unpaired) electrons. The summed E-state index contributed by atoms with van der Waals surface area (Å²) in [5, 5.41) is 17.0. The van der Waals surface area contributed by atoms with Gasteiger partial charge >= 0.3 is 0 Å². The van der Waals surface area contributed by atoms with E-state index in [2.05, 4.69) is 44.9 Å². The molecule has 0 bridgehead atoms. The van der Waals surface area contributed by atoms with E-state index in [1.807, 2.05) is 67.6 Å². The van der Waals surface area contributed by atoms with Crippen molar-refractivity contribution in [3.8, 4) is 11.1 Å². The number of anilines is 1. The lowest BCUT2D eigenvalue weighted by molar-refractivity contribution is -0.130. The highest BCUT2D eigenvalue weighted by molar-refractivity contribution is 5.99. The van der Waals surface area contributed by atoms with Crippen LogP contribution in [0.15, 0.2) is 66.9 Å². The van der Waals surface area contributed by atoms with Crippen LogP contribution in [-0.2, 0) is 16.0 Å². The van der Waals surface area contributed by atoms with Crippen LogP contribution in [0.25, 0.3) is 22.0 Å². The molecule has 1 aliphatic rings. The highest BCUT2D eigenvalue weighted by Crippen LogP contribution is 2.29. The van der Waals surface area contributed by atoms with Crippen molar-refractivity contribution >= 4 is 46.7 Å². The molecule has 10 nitrogen and oxygen atoms in total. The van der Waals surface area contributed by atoms with Crippen molar-refractivity contribution in [2.24, 2.45) is 17.6 Å². The predicted octanol–water partition coefficient (Wildman–Crippen LogP) is 5.46. The maximum Gasteiger partial charge on any atom is 0.251 e. The number of likely N-dealkylation sites (N-methyl/N-ethyl adjacent to an activating group) is 1. The number of carbonyl (C=O) groups excluding carboxylic acids is 3. The van der Waals surface area contributed by atoms with E-state index in [9.17, 15) is 14.4 Å². The van der Waals surface area contributed by atoms with E-state index in [0.717, 1.165) is 78.5 Å². The Balaban J connectivity index is 0.00000541. The first-order chi connectivity index (χ1) is 23.3. The number of carbonyl (C=O) groups is 3. The molecule has 5 rings (SSSR count). The van der Waals surface area contributed by atoms with Gasteiger partial charge < -0.3 is 26.6 Å². The third-order valence-corrected chi connectivity index (χ3v) is 9.69. The normalized spacial score (nSPS) is 16.5. The number of aryl methyl sites for hydroxylation is 1. The number of aromatic amines is 1. The van der Waals surface area contributed by atoms with Crippen LogP contribution in [0.1, 0.15) is 61.0 Å². The van der Waals surface area contributed by atoms with Gasteiger partial charge in [-0.2, -0.15) is 5.10 Å². The first-order valence-corrected chi connectivity index (χ1v) is 17.2. The molecule has 262 valence electrons. The van der Waals surface area contributed by atoms with Crippen LogP contribution in [0.2, 0.25) is 0 Å². The number of fused-ring (bicyclic) bond motifs is 1. The zero-order valence-electron chi connectivity index (χ0n) is 28.8. The summed E-state index contributed by atoms with van der Waals surface area (Å²) in [4.78, 5) is 42.1. The fraction of sp³-hybridized carbons (Fsp3) is 0.421. The molecule has 1 aliphatic carbocycles. The molecule has 4 aromatic rings. The molecule has 0 spiro atoms. The quantitative estimate of drug-likeness (QED) is 0.119. The van der Waals surface area contributed by atoms with Gasteiger partial charge in [0.2, 0.25) is 11.8 Å². The molecule has 1 fully saturated rings. The molecule has 3 amide bonds. The van der Waals surface area contributed by atoms with Crippen LogP contribution in [0.3, 0.4) is 0 Å². The fourth-order valence-corrected chi connectivity index (χ4v) is 6.56. The lowest BCUT2D eigenvalue weighted by Gasteiger charge is -2.28. The van der Waals surface area contributed by atoms with Crippen LogP contribution in [0.4, 0.5) is 5.69 Å². The molecule has 49 heavy (non-hydrogen) atoms. The Morgan fingerprint density at radius 3 is 2.39 bits per heavy atom. The van der Waals surface area contributed by atoms with Gasteiger partial charge in [-0.3, -0.25) is 19.5 Å². The summed E-state index contributed by atoms with van der Waals surface area (Å²) in [5.41, 5.74) is 11.9. The van der Waals surface area contributed by atoms with E-state index in [0.29, 0.717) is 36.7 Å². The van der Waals surface area contributed by atoms with Crippen molar-refractivity contribution in [2.45, 2.75) is 58.9 Å². The van der Waals surface area contributed by atoms with Gasteiger partial charge in [-0.05, 0) is 111 Å². The summed E-state index contributed by atoms with van der Waals surface area (Å²) in [5.74, 6) is -0.0934. The summed E-state index contributed by atoms with van der Waals surface area (Å²) in [6.07, 6.45) is 5.49. The number of nitrogens with zero attached hydrogens (tertiary/aromatic N) is 2. The number of hydrogen-bond donors (Lipinski definition) is 5. The molecule has 0 unspecified atom stereocenters. The van der Waals surface area contributed by atoms with E-state index >= 15 is 0 Å². The lowest BCUT2D eigenvalue weighted by Crippen LogP contribution is -2.48. The Labute approximate surface area is 295 Å². The molecule has 1 saturated carbocycles. The van der Waals surface area contributed by atoms with Gasteiger partial charge in [0.15, 0.2) is 0 Å². The third kappa shape index (κ3) is 9.90. The molecular weight excluding hydrogens is 638 g/mol. The second kappa shape index (κ2) is 17.9. The first-order valence-electron chi connectivity index (χ1n) is 17.2. The largest absolute Gasteiger partial charge is 0.351 e. The molecule has 1 aromatic heterocycles. The van der Waals surface area contributed by atoms with Gasteiger partial charge in [0.25, 0.3) is 5.91 Å². The van der Waals surface area contributed by atoms with Crippen molar-refractivity contribution < 1.29 is 14.4 Å². The SMILES string of the molecule is CCN(CC)CCNC(=O)c1ccc(-c2ccc(C[C@H](NC(=O)[C@H]3CC[C@H](CN)CC3)C(=O)Nc3ccc4cn[nH]c4c3)cc2)c(C)c1.Cl. The van der Waals surface area contributed by atoms with Crippen molar-refractivity contribution in [2.75, 3.05) is 38.0 Å². The molecule has 3 aromatic carbocycles. The van der Waals surface area contributed by atoms with Crippen LogP contribution in [0.5, 0.6) is 0 Å². The van der Waals surface area contributed by atoms with Gasteiger partial charge in [-0.15, -0.1) is 12.4 Å². The number of benzene rings is 3. The summed E-state index contributed by atoms with van der Waals surface area (Å²) < 4.78 is 0. The summed E-state index contributed by atoms with van der Waals surface area (Å²) >= 11 is 0. The molecule has 11 heteroatoms. The van der Waals surface area contributed by atoms with Gasteiger partial charge in [0.05, 0.1) is 11.7 Å². The monoisotopic (exact) mass is 687 g/mol. The zero-order valence-corrected chi connectivity index (χ0v) is 29.6. The van der Waals surface area contributed by atoms with Crippen molar-refractivity contribution in [3.63, 3.8) is 0 Å². The standard InChI is InChI=1S/C38H49N7O3.ClH/c1-4-45(5-2)19-18-40-36(46)30-15-17-33(25(3)20-30)28-10-6-26(7-11-28)21-35(43-37(47)29-12-8-27(23-39)9-13-29)38(48)42-32-16-14-31-24-41-44-34(31)22-32;/h6-7,10-11,14-17,20,22,24,27,29,35H,4-5,8-9,12-13,18-19,21,23,39H2,1-3H3,(H,40,46)(H,41,44)(H,42,48)(H,43,47);1H/t27-,29-,35-;/m0./s1. The fourth-order valence-electron chi connectivity index (χ4n) is 6.56. The van der Waals surface area contributed by atoms with E-state index in [1.165, 1.54) is 0 Å². The number of aromatic nitrogens is 2. The number of hydrogen-bond acceptors (Lipinski definition) is 6. The molecule has 6 N–H and O–H groups in total. The maximum absolute atomic E-state index is 13.7. The Bertz CT molecular complexity index is 1700. The zero-order chi connectivity index (χ0) is 34.0. The topological polar surface area (TPSA) is 145 Å². The Morgan fingerprint density at radius 1 is 0.980 bits per heavy atom. The number of H-pyrrole nitrogens is 1. The van der Waals surface area contributed by atoms with E-state index < -0.39 is 6.04 Å². The highest BCUT2D eigenvalue weighted by atomic mass is 35.5. The van der Waals surface area contributed by atoms with E-state index in [1.54, 1.807) is 6.20 Å².